The number of ether oxygens (including phenoxy) is 2. The minimum absolute atomic E-state index is 0.00497. The Morgan fingerprint density at radius 3 is 2.62 bits per heavy atom. The Morgan fingerprint density at radius 2 is 1.95 bits per heavy atom. The number of benzene rings is 2. The van der Waals surface area contributed by atoms with Gasteiger partial charge in [-0.2, -0.15) is 0 Å². The Bertz CT molecular complexity index is 676. The van der Waals surface area contributed by atoms with E-state index in [-0.39, 0.29) is 16.3 Å². The third kappa shape index (κ3) is 3.25. The molecule has 0 aliphatic carbocycles. The van der Waals surface area contributed by atoms with Gasteiger partial charge >= 0.3 is 0 Å². The lowest BCUT2D eigenvalue weighted by molar-refractivity contribution is 0.102. The maximum absolute atomic E-state index is 13.8. The summed E-state index contributed by atoms with van der Waals surface area (Å²) in [5.41, 5.74) is 0.267. The van der Waals surface area contributed by atoms with Crippen molar-refractivity contribution >= 4 is 23.2 Å². The van der Waals surface area contributed by atoms with E-state index >= 15 is 0 Å². The lowest BCUT2D eigenvalue weighted by Crippen LogP contribution is -2.14. The fourth-order valence-corrected chi connectivity index (χ4v) is 1.95. The van der Waals surface area contributed by atoms with Gasteiger partial charge in [0.2, 0.25) is 0 Å². The second-order valence-electron chi connectivity index (χ2n) is 4.12. The molecule has 0 aromatic heterocycles. The van der Waals surface area contributed by atoms with Gasteiger partial charge in [0.1, 0.15) is 11.5 Å². The molecule has 0 aliphatic rings. The van der Waals surface area contributed by atoms with Crippen molar-refractivity contribution < 1.29 is 18.7 Å². The molecule has 1 amide bonds. The van der Waals surface area contributed by atoms with Gasteiger partial charge < -0.3 is 14.8 Å². The van der Waals surface area contributed by atoms with Crippen LogP contribution in [0.3, 0.4) is 0 Å². The summed E-state index contributed by atoms with van der Waals surface area (Å²) in [6.45, 7) is 0. The molecule has 0 unspecified atom stereocenters. The molecule has 110 valence electrons. The first kappa shape index (κ1) is 15.1. The SMILES string of the molecule is COc1ccc(C(=O)Nc2cccc(Cl)c2F)c(OC)c1. The van der Waals surface area contributed by atoms with Crippen LogP contribution in [0, 0.1) is 5.82 Å². The highest BCUT2D eigenvalue weighted by Gasteiger charge is 2.16. The third-order valence-corrected chi connectivity index (χ3v) is 3.15. The maximum atomic E-state index is 13.8. The summed E-state index contributed by atoms with van der Waals surface area (Å²) in [6, 6.07) is 9.10. The van der Waals surface area contributed by atoms with E-state index in [0.717, 1.165) is 0 Å². The first-order valence-corrected chi connectivity index (χ1v) is 6.42. The van der Waals surface area contributed by atoms with E-state index in [1.807, 2.05) is 0 Å². The van der Waals surface area contributed by atoms with Gasteiger partial charge in [-0.3, -0.25) is 4.79 Å². The monoisotopic (exact) mass is 309 g/mol. The number of rotatable bonds is 4. The van der Waals surface area contributed by atoms with E-state index in [0.29, 0.717) is 11.5 Å². The molecule has 0 heterocycles. The van der Waals surface area contributed by atoms with Gasteiger partial charge in [0.05, 0.1) is 30.5 Å². The van der Waals surface area contributed by atoms with Crippen LogP contribution in [-0.2, 0) is 0 Å². The molecule has 0 spiro atoms. The second kappa shape index (κ2) is 6.45. The number of hydrogen-bond donors (Lipinski definition) is 1. The molecule has 2 aromatic rings. The van der Waals surface area contributed by atoms with Crippen LogP contribution in [0.1, 0.15) is 10.4 Å². The number of carbonyl (C=O) groups excluding carboxylic acids is 1. The standard InChI is InChI=1S/C15H13ClFNO3/c1-20-9-6-7-10(13(8-9)21-2)15(19)18-12-5-3-4-11(16)14(12)17/h3-8H,1-2H3,(H,18,19). The van der Waals surface area contributed by atoms with Gasteiger partial charge in [0.25, 0.3) is 5.91 Å². The van der Waals surface area contributed by atoms with Crippen molar-refractivity contribution in [3.63, 3.8) is 0 Å². The van der Waals surface area contributed by atoms with Crippen LogP contribution in [0.5, 0.6) is 11.5 Å². The zero-order valence-corrected chi connectivity index (χ0v) is 12.2. The topological polar surface area (TPSA) is 47.6 Å². The Labute approximate surface area is 126 Å². The molecule has 0 radical (unpaired) electrons. The molecule has 0 aliphatic heterocycles. The van der Waals surface area contributed by atoms with E-state index in [9.17, 15) is 9.18 Å². The van der Waals surface area contributed by atoms with Crippen LogP contribution in [-0.4, -0.2) is 20.1 Å². The van der Waals surface area contributed by atoms with Crippen LogP contribution in [0.15, 0.2) is 36.4 Å². The molecule has 6 heteroatoms. The van der Waals surface area contributed by atoms with Crippen molar-refractivity contribution in [2.75, 3.05) is 19.5 Å². The van der Waals surface area contributed by atoms with Crippen LogP contribution in [0.4, 0.5) is 10.1 Å². The van der Waals surface area contributed by atoms with Crippen molar-refractivity contribution in [2.45, 2.75) is 0 Å². The molecule has 0 fully saturated rings. The number of carbonyl (C=O) groups is 1. The maximum Gasteiger partial charge on any atom is 0.259 e. The highest BCUT2D eigenvalue weighted by molar-refractivity contribution is 6.31. The molecule has 0 saturated carbocycles. The number of methoxy groups -OCH3 is 2. The average molecular weight is 310 g/mol. The number of amides is 1. The van der Waals surface area contributed by atoms with Crippen molar-refractivity contribution in [3.8, 4) is 11.5 Å². The summed E-state index contributed by atoms with van der Waals surface area (Å²) >= 11 is 5.67. The summed E-state index contributed by atoms with van der Waals surface area (Å²) in [7, 11) is 2.95. The van der Waals surface area contributed by atoms with Crippen molar-refractivity contribution in [2.24, 2.45) is 0 Å². The van der Waals surface area contributed by atoms with Gasteiger partial charge in [-0.1, -0.05) is 17.7 Å². The minimum atomic E-state index is -0.681. The zero-order chi connectivity index (χ0) is 15.4. The molecule has 0 saturated heterocycles. The van der Waals surface area contributed by atoms with Crippen molar-refractivity contribution in [3.05, 3.63) is 52.8 Å². The number of nitrogens with one attached hydrogen (secondary N) is 1. The Morgan fingerprint density at radius 1 is 1.19 bits per heavy atom. The van der Waals surface area contributed by atoms with Gasteiger partial charge in [0, 0.05) is 6.07 Å². The predicted molar refractivity (Wildman–Crippen MR) is 78.9 cm³/mol. The zero-order valence-electron chi connectivity index (χ0n) is 11.4. The Balaban J connectivity index is 2.30. The molecule has 1 N–H and O–H groups in total. The van der Waals surface area contributed by atoms with E-state index in [2.05, 4.69) is 5.32 Å². The summed E-state index contributed by atoms with van der Waals surface area (Å²) in [5, 5.41) is 2.40. The van der Waals surface area contributed by atoms with Gasteiger partial charge in [-0.25, -0.2) is 4.39 Å². The largest absolute Gasteiger partial charge is 0.497 e. The fraction of sp³-hybridized carbons (Fsp3) is 0.133. The number of halogens is 2. The van der Waals surface area contributed by atoms with E-state index < -0.39 is 11.7 Å². The molecule has 4 nitrogen and oxygen atoms in total. The smallest absolute Gasteiger partial charge is 0.259 e. The average Bonchev–Trinajstić information content (AvgIpc) is 2.51. The second-order valence-corrected chi connectivity index (χ2v) is 4.53. The lowest BCUT2D eigenvalue weighted by Gasteiger charge is -2.11. The molecule has 0 atom stereocenters. The lowest BCUT2D eigenvalue weighted by atomic mass is 10.1. The quantitative estimate of drug-likeness (QED) is 0.935. The van der Waals surface area contributed by atoms with Crippen molar-refractivity contribution in [1.82, 2.24) is 0 Å². The van der Waals surface area contributed by atoms with Gasteiger partial charge in [0.15, 0.2) is 5.82 Å². The summed E-state index contributed by atoms with van der Waals surface area (Å²) in [5.74, 6) is -0.303. The molecule has 2 rings (SSSR count). The van der Waals surface area contributed by atoms with Crippen molar-refractivity contribution in [1.29, 1.82) is 0 Å². The highest BCUT2D eigenvalue weighted by atomic mass is 35.5. The van der Waals surface area contributed by atoms with Crippen LogP contribution in [0.25, 0.3) is 0 Å². The summed E-state index contributed by atoms with van der Waals surface area (Å²) in [6.07, 6.45) is 0. The summed E-state index contributed by atoms with van der Waals surface area (Å²) < 4.78 is 24.0. The number of anilines is 1. The first-order chi connectivity index (χ1) is 10.1. The fourth-order valence-electron chi connectivity index (χ4n) is 1.78. The Hall–Kier alpha value is -2.27. The molecule has 0 bridgehead atoms. The van der Waals surface area contributed by atoms with Gasteiger partial charge in [-0.05, 0) is 24.3 Å². The minimum Gasteiger partial charge on any atom is -0.497 e. The van der Waals surface area contributed by atoms with Gasteiger partial charge in [-0.15, -0.1) is 0 Å². The first-order valence-electron chi connectivity index (χ1n) is 6.04. The van der Waals surface area contributed by atoms with Crippen LogP contribution >= 0.6 is 11.6 Å². The van der Waals surface area contributed by atoms with Crippen LogP contribution in [0.2, 0.25) is 5.02 Å². The molecule has 2 aromatic carbocycles. The van der Waals surface area contributed by atoms with Crippen LogP contribution < -0.4 is 14.8 Å². The molecular weight excluding hydrogens is 297 g/mol. The third-order valence-electron chi connectivity index (χ3n) is 2.85. The van der Waals surface area contributed by atoms with E-state index in [1.54, 1.807) is 18.2 Å². The Kier molecular flexibility index (Phi) is 4.65. The molecular formula is C15H13ClFNO3. The molecule has 21 heavy (non-hydrogen) atoms. The summed E-state index contributed by atoms with van der Waals surface area (Å²) in [4.78, 5) is 12.2. The predicted octanol–water partition coefficient (Wildman–Crippen LogP) is 3.75. The normalized spacial score (nSPS) is 10.1. The highest BCUT2D eigenvalue weighted by Crippen LogP contribution is 2.27. The van der Waals surface area contributed by atoms with E-state index in [1.165, 1.54) is 32.4 Å². The number of hydrogen-bond acceptors (Lipinski definition) is 3. The van der Waals surface area contributed by atoms with E-state index in [4.69, 9.17) is 21.1 Å².